The van der Waals surface area contributed by atoms with E-state index in [0.717, 1.165) is 18.6 Å². The van der Waals surface area contributed by atoms with Crippen molar-refractivity contribution in [1.29, 1.82) is 0 Å². The number of nitrogens with one attached hydrogen (secondary N) is 2. The first-order chi connectivity index (χ1) is 12.4. The summed E-state index contributed by atoms with van der Waals surface area (Å²) < 4.78 is 26.9. The maximum Gasteiger partial charge on any atom is 0.251 e. The summed E-state index contributed by atoms with van der Waals surface area (Å²) in [6.45, 7) is 2.59. The largest absolute Gasteiger partial charge is 0.351 e. The van der Waals surface area contributed by atoms with Crippen molar-refractivity contribution in [2.75, 3.05) is 12.3 Å². The van der Waals surface area contributed by atoms with Crippen molar-refractivity contribution in [3.8, 4) is 0 Å². The smallest absolute Gasteiger partial charge is 0.251 e. The van der Waals surface area contributed by atoms with Crippen LogP contribution in [0.4, 0.5) is 0 Å². The average Bonchev–Trinajstić information content (AvgIpc) is 3.43. The van der Waals surface area contributed by atoms with Crippen molar-refractivity contribution >= 4 is 27.7 Å². The van der Waals surface area contributed by atoms with Crippen molar-refractivity contribution in [2.45, 2.75) is 35.6 Å². The minimum absolute atomic E-state index is 0.0639. The van der Waals surface area contributed by atoms with Crippen molar-refractivity contribution in [1.82, 2.24) is 10.0 Å². The van der Waals surface area contributed by atoms with Gasteiger partial charge in [-0.25, -0.2) is 13.1 Å². The quantitative estimate of drug-likeness (QED) is 0.537. The van der Waals surface area contributed by atoms with Crippen LogP contribution < -0.4 is 10.0 Å². The molecule has 1 amide bonds. The van der Waals surface area contributed by atoms with Gasteiger partial charge in [0.25, 0.3) is 5.91 Å². The summed E-state index contributed by atoms with van der Waals surface area (Å²) in [5.74, 6) is 0.570. The van der Waals surface area contributed by atoms with Crippen LogP contribution in [-0.4, -0.2) is 32.7 Å². The van der Waals surface area contributed by atoms with Gasteiger partial charge in [-0.3, -0.25) is 4.79 Å². The molecule has 0 aromatic heterocycles. The van der Waals surface area contributed by atoms with E-state index < -0.39 is 10.0 Å². The summed E-state index contributed by atoms with van der Waals surface area (Å²) in [4.78, 5) is 13.5. The van der Waals surface area contributed by atoms with Crippen LogP contribution in [0.1, 0.15) is 28.8 Å². The maximum absolute atomic E-state index is 12.2. The Morgan fingerprint density at radius 2 is 1.73 bits per heavy atom. The van der Waals surface area contributed by atoms with Gasteiger partial charge < -0.3 is 5.32 Å². The second-order valence-electron chi connectivity index (χ2n) is 6.34. The molecule has 0 unspecified atom stereocenters. The average molecular weight is 391 g/mol. The van der Waals surface area contributed by atoms with Gasteiger partial charge in [0.05, 0.1) is 4.90 Å². The normalized spacial score (nSPS) is 14.2. The number of hydrogen-bond donors (Lipinski definition) is 2. The first-order valence-corrected chi connectivity index (χ1v) is 11.0. The van der Waals surface area contributed by atoms with Gasteiger partial charge in [0.2, 0.25) is 10.0 Å². The van der Waals surface area contributed by atoms with E-state index in [9.17, 15) is 13.2 Å². The van der Waals surface area contributed by atoms with Crippen LogP contribution in [0.2, 0.25) is 0 Å². The molecule has 2 aromatic carbocycles. The Bertz CT molecular complexity index is 859. The molecular formula is C19H22N2O3S2. The highest BCUT2D eigenvalue weighted by Crippen LogP contribution is 2.22. The van der Waals surface area contributed by atoms with Crippen LogP contribution >= 0.6 is 11.8 Å². The van der Waals surface area contributed by atoms with E-state index in [1.54, 1.807) is 23.9 Å². The van der Waals surface area contributed by atoms with E-state index in [0.29, 0.717) is 12.1 Å². The van der Waals surface area contributed by atoms with Crippen LogP contribution in [0.5, 0.6) is 0 Å². The minimum Gasteiger partial charge on any atom is -0.351 e. The molecule has 0 bridgehead atoms. The van der Waals surface area contributed by atoms with E-state index in [2.05, 4.69) is 34.3 Å². The molecule has 138 valence electrons. The molecule has 1 saturated carbocycles. The van der Waals surface area contributed by atoms with Gasteiger partial charge in [-0.2, -0.15) is 0 Å². The Kier molecular flexibility index (Phi) is 6.01. The number of carbonyl (C=O) groups excluding carboxylic acids is 1. The molecule has 0 heterocycles. The highest BCUT2D eigenvalue weighted by Gasteiger charge is 2.27. The summed E-state index contributed by atoms with van der Waals surface area (Å²) in [6.07, 6.45) is 1.78. The molecule has 1 fully saturated rings. The Morgan fingerprint density at radius 1 is 1.08 bits per heavy atom. The zero-order valence-corrected chi connectivity index (χ0v) is 16.2. The molecular weight excluding hydrogens is 368 g/mol. The standard InChI is InChI=1S/C19H22N2O3S2/c1-14-2-8-17(9-3-14)25-13-12-20-19(22)15-4-10-18(11-5-15)26(23,24)21-16-6-7-16/h2-5,8-11,16,21H,6-7,12-13H2,1H3,(H,20,22). The monoisotopic (exact) mass is 390 g/mol. The Balaban J connectivity index is 1.47. The fraction of sp³-hybridized carbons (Fsp3) is 0.316. The van der Waals surface area contributed by atoms with Crippen LogP contribution in [0, 0.1) is 6.92 Å². The molecule has 5 nitrogen and oxygen atoms in total. The second-order valence-corrected chi connectivity index (χ2v) is 9.22. The molecule has 0 radical (unpaired) electrons. The molecule has 7 heteroatoms. The van der Waals surface area contributed by atoms with E-state index in [1.165, 1.54) is 22.6 Å². The fourth-order valence-electron chi connectivity index (χ4n) is 2.34. The number of hydrogen-bond acceptors (Lipinski definition) is 4. The summed E-state index contributed by atoms with van der Waals surface area (Å²) in [5, 5.41) is 2.86. The summed E-state index contributed by atoms with van der Waals surface area (Å²) in [7, 11) is -3.48. The molecule has 1 aliphatic carbocycles. The Morgan fingerprint density at radius 3 is 2.35 bits per heavy atom. The van der Waals surface area contributed by atoms with Gasteiger partial charge >= 0.3 is 0 Å². The summed E-state index contributed by atoms with van der Waals surface area (Å²) in [6, 6.07) is 14.4. The predicted molar refractivity (Wildman–Crippen MR) is 104 cm³/mol. The van der Waals surface area contributed by atoms with Crippen LogP contribution in [0.25, 0.3) is 0 Å². The summed E-state index contributed by atoms with van der Waals surface area (Å²) in [5.41, 5.74) is 1.68. The number of aryl methyl sites for hydroxylation is 1. The van der Waals surface area contributed by atoms with Gasteiger partial charge in [-0.1, -0.05) is 17.7 Å². The molecule has 1 aliphatic rings. The SMILES string of the molecule is Cc1ccc(SCCNC(=O)c2ccc(S(=O)(=O)NC3CC3)cc2)cc1. The molecule has 3 rings (SSSR count). The molecule has 0 aliphatic heterocycles. The molecule has 0 spiro atoms. The van der Waals surface area contributed by atoms with Crippen molar-refractivity contribution < 1.29 is 13.2 Å². The van der Waals surface area contributed by atoms with E-state index >= 15 is 0 Å². The predicted octanol–water partition coefficient (Wildman–Crippen LogP) is 2.96. The van der Waals surface area contributed by atoms with Crippen LogP contribution in [-0.2, 0) is 10.0 Å². The Hall–Kier alpha value is -1.83. The third kappa shape index (κ3) is 5.33. The number of rotatable bonds is 8. The number of carbonyl (C=O) groups is 1. The van der Waals surface area contributed by atoms with Gasteiger partial charge in [-0.15, -0.1) is 11.8 Å². The van der Waals surface area contributed by atoms with Crippen molar-refractivity contribution in [2.24, 2.45) is 0 Å². The Labute approximate surface area is 158 Å². The van der Waals surface area contributed by atoms with Gasteiger partial charge in [0, 0.05) is 28.8 Å². The molecule has 26 heavy (non-hydrogen) atoms. The molecule has 2 N–H and O–H groups in total. The minimum atomic E-state index is -3.48. The second kappa shape index (κ2) is 8.24. The highest BCUT2D eigenvalue weighted by molar-refractivity contribution is 7.99. The van der Waals surface area contributed by atoms with Crippen LogP contribution in [0.3, 0.4) is 0 Å². The lowest BCUT2D eigenvalue weighted by atomic mass is 10.2. The third-order valence-electron chi connectivity index (χ3n) is 4.00. The number of thioether (sulfide) groups is 1. The first kappa shape index (κ1) is 18.9. The third-order valence-corrected chi connectivity index (χ3v) is 6.55. The molecule has 0 atom stereocenters. The van der Waals surface area contributed by atoms with Gasteiger partial charge in [0.15, 0.2) is 0 Å². The topological polar surface area (TPSA) is 75.3 Å². The maximum atomic E-state index is 12.2. The number of benzene rings is 2. The first-order valence-electron chi connectivity index (χ1n) is 8.54. The van der Waals surface area contributed by atoms with E-state index in [4.69, 9.17) is 0 Å². The zero-order valence-electron chi connectivity index (χ0n) is 14.6. The fourth-order valence-corrected chi connectivity index (χ4v) is 4.42. The van der Waals surface area contributed by atoms with E-state index in [-0.39, 0.29) is 16.8 Å². The number of sulfonamides is 1. The molecule has 0 saturated heterocycles. The van der Waals surface area contributed by atoms with E-state index in [1.807, 2.05) is 6.92 Å². The number of amides is 1. The van der Waals surface area contributed by atoms with Gasteiger partial charge in [-0.05, 0) is 56.2 Å². The van der Waals surface area contributed by atoms with Crippen LogP contribution in [0.15, 0.2) is 58.3 Å². The lowest BCUT2D eigenvalue weighted by Gasteiger charge is -2.08. The van der Waals surface area contributed by atoms with Crippen molar-refractivity contribution in [3.63, 3.8) is 0 Å². The lowest BCUT2D eigenvalue weighted by molar-refractivity contribution is 0.0956. The summed E-state index contributed by atoms with van der Waals surface area (Å²) >= 11 is 1.68. The lowest BCUT2D eigenvalue weighted by Crippen LogP contribution is -2.27. The highest BCUT2D eigenvalue weighted by atomic mass is 32.2. The van der Waals surface area contributed by atoms with Crippen molar-refractivity contribution in [3.05, 3.63) is 59.7 Å². The zero-order chi connectivity index (χ0) is 18.6. The van der Waals surface area contributed by atoms with Gasteiger partial charge in [0.1, 0.15) is 0 Å². The molecule has 2 aromatic rings.